The molecule has 2 aromatic carbocycles. The minimum absolute atomic E-state index is 0.120. The summed E-state index contributed by atoms with van der Waals surface area (Å²) in [7, 11) is 1.37. The van der Waals surface area contributed by atoms with Crippen LogP contribution in [0.4, 0.5) is 11.4 Å². The summed E-state index contributed by atoms with van der Waals surface area (Å²) in [4.78, 5) is 34.3. The Morgan fingerprint density at radius 1 is 1.12 bits per heavy atom. The van der Waals surface area contributed by atoms with E-state index < -0.39 is 23.4 Å². The van der Waals surface area contributed by atoms with Crippen LogP contribution in [-0.4, -0.2) is 30.5 Å². The van der Waals surface area contributed by atoms with E-state index in [0.29, 0.717) is 5.56 Å². The van der Waals surface area contributed by atoms with Gasteiger partial charge >= 0.3 is 5.97 Å². The Labute approximate surface area is 149 Å². The lowest BCUT2D eigenvalue weighted by Crippen LogP contribution is -2.21. The maximum atomic E-state index is 12.1. The molecule has 0 saturated heterocycles. The van der Waals surface area contributed by atoms with Crippen molar-refractivity contribution in [3.05, 3.63) is 63.2 Å². The Balaban J connectivity index is 2.03. The first-order valence-corrected chi connectivity index (χ1v) is 7.68. The van der Waals surface area contributed by atoms with Gasteiger partial charge in [-0.05, 0) is 32.0 Å². The van der Waals surface area contributed by atoms with Crippen LogP contribution in [-0.2, 0) is 9.53 Å². The number of nitrogens with one attached hydrogen (secondary N) is 1. The fraction of sp³-hybridized carbons (Fsp3) is 0.222. The molecule has 0 aliphatic heterocycles. The molecule has 0 saturated carbocycles. The van der Waals surface area contributed by atoms with Gasteiger partial charge in [-0.2, -0.15) is 0 Å². The maximum absolute atomic E-state index is 12.1. The third kappa shape index (κ3) is 4.79. The zero-order valence-corrected chi connectivity index (χ0v) is 14.6. The van der Waals surface area contributed by atoms with Crippen LogP contribution in [0.15, 0.2) is 36.4 Å². The number of aryl methyl sites for hydroxylation is 2. The average molecular weight is 358 g/mol. The fourth-order valence-corrected chi connectivity index (χ4v) is 2.40. The van der Waals surface area contributed by atoms with E-state index in [9.17, 15) is 19.7 Å². The number of nitro benzene ring substituents is 1. The van der Waals surface area contributed by atoms with E-state index in [1.54, 1.807) is 12.1 Å². The van der Waals surface area contributed by atoms with Gasteiger partial charge in [-0.3, -0.25) is 14.9 Å². The molecule has 0 bridgehead atoms. The summed E-state index contributed by atoms with van der Waals surface area (Å²) < 4.78 is 10.1. The van der Waals surface area contributed by atoms with Gasteiger partial charge in [0.05, 0.1) is 23.3 Å². The van der Waals surface area contributed by atoms with Crippen molar-refractivity contribution < 1.29 is 24.0 Å². The molecule has 2 rings (SSSR count). The third-order valence-electron chi connectivity index (χ3n) is 3.46. The zero-order valence-electron chi connectivity index (χ0n) is 14.6. The number of non-ortho nitro benzene ring substituents is 1. The monoisotopic (exact) mass is 358 g/mol. The van der Waals surface area contributed by atoms with Crippen molar-refractivity contribution in [2.24, 2.45) is 0 Å². The van der Waals surface area contributed by atoms with Gasteiger partial charge in [0.25, 0.3) is 11.6 Å². The fourth-order valence-electron chi connectivity index (χ4n) is 2.40. The van der Waals surface area contributed by atoms with E-state index >= 15 is 0 Å². The molecule has 8 heteroatoms. The highest BCUT2D eigenvalue weighted by atomic mass is 16.6. The molecular formula is C18H18N2O6. The van der Waals surface area contributed by atoms with E-state index in [2.05, 4.69) is 5.32 Å². The van der Waals surface area contributed by atoms with Crippen molar-refractivity contribution in [2.45, 2.75) is 13.8 Å². The molecule has 0 heterocycles. The smallest absolute Gasteiger partial charge is 0.338 e. The van der Waals surface area contributed by atoms with Crippen molar-refractivity contribution >= 4 is 23.3 Å². The molecule has 0 aromatic heterocycles. The predicted octanol–water partition coefficient (Wildman–Crippen LogP) is 3.02. The van der Waals surface area contributed by atoms with Crippen LogP contribution in [0.3, 0.4) is 0 Å². The number of benzene rings is 2. The summed E-state index contributed by atoms with van der Waals surface area (Å²) >= 11 is 0. The number of carbonyl (C=O) groups excluding carboxylic acids is 2. The van der Waals surface area contributed by atoms with Crippen LogP contribution in [0.2, 0.25) is 0 Å². The van der Waals surface area contributed by atoms with Crippen LogP contribution < -0.4 is 10.1 Å². The number of hydrogen-bond acceptors (Lipinski definition) is 6. The quantitative estimate of drug-likeness (QED) is 0.483. The number of methoxy groups -OCH3 is 1. The Morgan fingerprint density at radius 2 is 1.77 bits per heavy atom. The minimum atomic E-state index is -0.637. The van der Waals surface area contributed by atoms with E-state index in [1.165, 1.54) is 25.3 Å². The number of esters is 1. The predicted molar refractivity (Wildman–Crippen MR) is 94.5 cm³/mol. The Morgan fingerprint density at radius 3 is 2.35 bits per heavy atom. The number of anilines is 1. The number of rotatable bonds is 6. The molecule has 0 aliphatic rings. The molecule has 2 aromatic rings. The number of amides is 1. The average Bonchev–Trinajstić information content (AvgIpc) is 2.58. The second-order valence-electron chi connectivity index (χ2n) is 5.64. The molecule has 0 fully saturated rings. The van der Waals surface area contributed by atoms with Gasteiger partial charge in [-0.1, -0.05) is 17.2 Å². The van der Waals surface area contributed by atoms with Gasteiger partial charge in [-0.15, -0.1) is 0 Å². The highest BCUT2D eigenvalue weighted by molar-refractivity contribution is 5.96. The van der Waals surface area contributed by atoms with Crippen LogP contribution >= 0.6 is 0 Å². The second kappa shape index (κ2) is 8.11. The van der Waals surface area contributed by atoms with Crippen LogP contribution in [0.1, 0.15) is 21.5 Å². The lowest BCUT2D eigenvalue weighted by Gasteiger charge is -2.10. The van der Waals surface area contributed by atoms with Gasteiger partial charge in [0.2, 0.25) is 0 Å². The molecule has 8 nitrogen and oxygen atoms in total. The van der Waals surface area contributed by atoms with E-state index in [4.69, 9.17) is 9.47 Å². The molecule has 1 N–H and O–H groups in total. The first kappa shape index (κ1) is 18.9. The number of nitrogens with zero attached hydrogens (tertiary/aromatic N) is 1. The molecule has 136 valence electrons. The minimum Gasteiger partial charge on any atom is -0.495 e. The SMILES string of the molecule is COc1ccc([N+](=O)[O-])cc1NC(=O)COC(=O)c1cc(C)cc(C)c1. The second-order valence-corrected chi connectivity index (χ2v) is 5.64. The van der Waals surface area contributed by atoms with E-state index in [1.807, 2.05) is 19.9 Å². The summed E-state index contributed by atoms with van der Waals surface area (Å²) in [5.41, 5.74) is 2.08. The summed E-state index contributed by atoms with van der Waals surface area (Å²) in [6.07, 6.45) is 0. The first-order chi connectivity index (χ1) is 12.3. The van der Waals surface area contributed by atoms with Crippen molar-refractivity contribution in [1.29, 1.82) is 0 Å². The Kier molecular flexibility index (Phi) is 5.90. The van der Waals surface area contributed by atoms with Gasteiger partial charge in [-0.25, -0.2) is 4.79 Å². The molecule has 0 atom stereocenters. The maximum Gasteiger partial charge on any atom is 0.338 e. The standard InChI is InChI=1S/C18H18N2O6/c1-11-6-12(2)8-13(7-11)18(22)26-10-17(21)19-15-9-14(20(23)24)4-5-16(15)25-3/h4-9H,10H2,1-3H3,(H,19,21). The van der Waals surface area contributed by atoms with Crippen molar-refractivity contribution in [2.75, 3.05) is 19.0 Å². The molecule has 0 spiro atoms. The number of nitro groups is 1. The number of hydrogen-bond donors (Lipinski definition) is 1. The van der Waals surface area contributed by atoms with E-state index in [-0.39, 0.29) is 17.1 Å². The van der Waals surface area contributed by atoms with Crippen molar-refractivity contribution in [3.63, 3.8) is 0 Å². The third-order valence-corrected chi connectivity index (χ3v) is 3.46. The zero-order chi connectivity index (χ0) is 19.3. The largest absolute Gasteiger partial charge is 0.495 e. The van der Waals surface area contributed by atoms with Crippen molar-refractivity contribution in [1.82, 2.24) is 0 Å². The van der Waals surface area contributed by atoms with Crippen LogP contribution in [0, 0.1) is 24.0 Å². The molecule has 1 amide bonds. The molecular weight excluding hydrogens is 340 g/mol. The summed E-state index contributed by atoms with van der Waals surface area (Å²) in [6.45, 7) is 3.17. The number of ether oxygens (including phenoxy) is 2. The molecule has 0 unspecified atom stereocenters. The summed E-state index contributed by atoms with van der Waals surface area (Å²) in [5.74, 6) is -1.01. The van der Waals surface area contributed by atoms with Gasteiger partial charge in [0.15, 0.2) is 6.61 Å². The molecule has 26 heavy (non-hydrogen) atoms. The topological polar surface area (TPSA) is 108 Å². The normalized spacial score (nSPS) is 10.1. The highest BCUT2D eigenvalue weighted by Crippen LogP contribution is 2.28. The Bertz CT molecular complexity index is 843. The number of carbonyl (C=O) groups is 2. The van der Waals surface area contributed by atoms with Crippen molar-refractivity contribution in [3.8, 4) is 5.75 Å². The molecule has 0 aliphatic carbocycles. The van der Waals surface area contributed by atoms with Gasteiger partial charge < -0.3 is 14.8 Å². The summed E-state index contributed by atoms with van der Waals surface area (Å²) in [6, 6.07) is 9.04. The van der Waals surface area contributed by atoms with Crippen LogP contribution in [0.5, 0.6) is 5.75 Å². The van der Waals surface area contributed by atoms with E-state index in [0.717, 1.165) is 11.1 Å². The summed E-state index contributed by atoms with van der Waals surface area (Å²) in [5, 5.41) is 13.3. The van der Waals surface area contributed by atoms with Gasteiger partial charge in [0, 0.05) is 12.1 Å². The van der Waals surface area contributed by atoms with Crippen LogP contribution in [0.25, 0.3) is 0 Å². The Hall–Kier alpha value is -3.42. The molecule has 0 radical (unpaired) electrons. The lowest BCUT2D eigenvalue weighted by molar-refractivity contribution is -0.384. The first-order valence-electron chi connectivity index (χ1n) is 7.68. The van der Waals surface area contributed by atoms with Gasteiger partial charge in [0.1, 0.15) is 5.75 Å². The lowest BCUT2D eigenvalue weighted by atomic mass is 10.1. The highest BCUT2D eigenvalue weighted by Gasteiger charge is 2.15.